The molecule has 0 saturated heterocycles. The van der Waals surface area contributed by atoms with Crippen molar-refractivity contribution in [3.05, 3.63) is 65.7 Å². The van der Waals surface area contributed by atoms with Gasteiger partial charge in [0, 0.05) is 43.5 Å². The molecule has 2 aromatic carbocycles. The largest absolute Gasteiger partial charge is 0.493 e. The number of likely N-dealkylation sites (N-methyl/N-ethyl adjacent to an activating group) is 1. The van der Waals surface area contributed by atoms with Gasteiger partial charge in [-0.1, -0.05) is 24.3 Å². The van der Waals surface area contributed by atoms with E-state index in [0.717, 1.165) is 17.7 Å². The molecule has 0 saturated carbocycles. The van der Waals surface area contributed by atoms with Crippen LogP contribution in [0.2, 0.25) is 0 Å². The number of carbonyl (C=O) groups is 1. The highest BCUT2D eigenvalue weighted by Gasteiger charge is 2.24. The molecule has 0 radical (unpaired) electrons. The van der Waals surface area contributed by atoms with Gasteiger partial charge in [-0.2, -0.15) is 0 Å². The average molecular weight is 366 g/mol. The summed E-state index contributed by atoms with van der Waals surface area (Å²) in [6.45, 7) is 5.84. The van der Waals surface area contributed by atoms with Crippen LogP contribution in [0.5, 0.6) is 11.5 Å². The fourth-order valence-corrected chi connectivity index (χ4v) is 3.52. The molecule has 142 valence electrons. The number of methoxy groups -OCH3 is 2. The molecular formula is C22H26N2O3. The number of ether oxygens (including phenoxy) is 2. The molecule has 0 atom stereocenters. The number of fused-ring (bicyclic) bond motifs is 1. The number of amides is 1. The molecule has 1 heterocycles. The molecule has 0 spiro atoms. The third-order valence-electron chi connectivity index (χ3n) is 4.92. The average Bonchev–Trinajstić information content (AvgIpc) is 2.86. The van der Waals surface area contributed by atoms with E-state index in [9.17, 15) is 4.79 Å². The number of benzene rings is 2. The first-order valence-corrected chi connectivity index (χ1v) is 9.03. The Balaban J connectivity index is 1.96. The molecule has 5 nitrogen and oxygen atoms in total. The molecule has 27 heavy (non-hydrogen) atoms. The summed E-state index contributed by atoms with van der Waals surface area (Å²) < 4.78 is 10.9. The topological polar surface area (TPSA) is 42.0 Å². The van der Waals surface area contributed by atoms with Crippen molar-refractivity contribution in [2.75, 3.05) is 39.3 Å². The van der Waals surface area contributed by atoms with Crippen molar-refractivity contribution >= 4 is 11.6 Å². The van der Waals surface area contributed by atoms with Crippen LogP contribution >= 0.6 is 0 Å². The summed E-state index contributed by atoms with van der Waals surface area (Å²) >= 11 is 0. The molecule has 0 aromatic heterocycles. The van der Waals surface area contributed by atoms with Crippen molar-refractivity contribution < 1.29 is 14.3 Å². The smallest absolute Gasteiger partial charge is 0.254 e. The first kappa shape index (κ1) is 18.8. The molecule has 0 fully saturated rings. The zero-order chi connectivity index (χ0) is 19.4. The molecule has 0 unspecified atom stereocenters. The summed E-state index contributed by atoms with van der Waals surface area (Å²) in [4.78, 5) is 17.4. The molecule has 3 rings (SSSR count). The Labute approximate surface area is 160 Å². The minimum atomic E-state index is -0.00799. The quantitative estimate of drug-likeness (QED) is 0.760. The lowest BCUT2D eigenvalue weighted by Crippen LogP contribution is -2.34. The van der Waals surface area contributed by atoms with Crippen LogP contribution < -0.4 is 14.4 Å². The van der Waals surface area contributed by atoms with Crippen LogP contribution in [0.15, 0.2) is 49.1 Å². The molecule has 0 bridgehead atoms. The van der Waals surface area contributed by atoms with E-state index < -0.39 is 0 Å². The fraction of sp³-hybridized carbons (Fsp3) is 0.318. The first-order valence-electron chi connectivity index (χ1n) is 9.03. The molecule has 5 heteroatoms. The van der Waals surface area contributed by atoms with Crippen LogP contribution in [0.4, 0.5) is 5.69 Å². The van der Waals surface area contributed by atoms with E-state index in [1.54, 1.807) is 26.4 Å². The van der Waals surface area contributed by atoms with Crippen LogP contribution in [0.1, 0.15) is 21.5 Å². The Morgan fingerprint density at radius 3 is 2.67 bits per heavy atom. The summed E-state index contributed by atoms with van der Waals surface area (Å²) in [5.41, 5.74) is 3.82. The van der Waals surface area contributed by atoms with Gasteiger partial charge in [-0.15, -0.1) is 6.58 Å². The Morgan fingerprint density at radius 1 is 1.19 bits per heavy atom. The van der Waals surface area contributed by atoms with Gasteiger partial charge in [0.15, 0.2) is 11.5 Å². The van der Waals surface area contributed by atoms with Crippen molar-refractivity contribution in [1.82, 2.24) is 4.90 Å². The molecular weight excluding hydrogens is 340 g/mol. The second-order valence-corrected chi connectivity index (χ2v) is 6.64. The van der Waals surface area contributed by atoms with Crippen LogP contribution in [0, 0.1) is 0 Å². The standard InChI is InChI=1S/C22H26N2O3/c1-5-8-16-13-18(14-20(26-3)21(16)27-4)22(25)24-12-11-23(2)19-10-7-6-9-17(19)15-24/h5-7,9-10,13-14H,1,8,11-12,15H2,2-4H3. The lowest BCUT2D eigenvalue weighted by atomic mass is 10.0. The van der Waals surface area contributed by atoms with Crippen molar-refractivity contribution in [3.8, 4) is 11.5 Å². The van der Waals surface area contributed by atoms with E-state index in [2.05, 4.69) is 30.7 Å². The number of hydrogen-bond acceptors (Lipinski definition) is 4. The second kappa shape index (κ2) is 8.16. The lowest BCUT2D eigenvalue weighted by Gasteiger charge is -2.22. The van der Waals surface area contributed by atoms with Gasteiger partial charge in [-0.3, -0.25) is 4.79 Å². The SMILES string of the molecule is C=CCc1cc(C(=O)N2CCN(C)c3ccccc3C2)cc(OC)c1OC. The summed E-state index contributed by atoms with van der Waals surface area (Å²) in [6, 6.07) is 11.9. The molecule has 2 aromatic rings. The highest BCUT2D eigenvalue weighted by atomic mass is 16.5. The van der Waals surface area contributed by atoms with Gasteiger partial charge in [-0.25, -0.2) is 0 Å². The highest BCUT2D eigenvalue weighted by molar-refractivity contribution is 5.95. The van der Waals surface area contributed by atoms with E-state index >= 15 is 0 Å². The van der Waals surface area contributed by atoms with Gasteiger partial charge in [0.2, 0.25) is 0 Å². The van der Waals surface area contributed by atoms with E-state index in [1.807, 2.05) is 23.1 Å². The normalized spacial score (nSPS) is 13.6. The Bertz CT molecular complexity index is 847. The van der Waals surface area contributed by atoms with Crippen LogP contribution in [0.3, 0.4) is 0 Å². The van der Waals surface area contributed by atoms with Crippen molar-refractivity contribution in [2.45, 2.75) is 13.0 Å². The zero-order valence-electron chi connectivity index (χ0n) is 16.2. The maximum atomic E-state index is 13.3. The maximum Gasteiger partial charge on any atom is 0.254 e. The minimum absolute atomic E-state index is 0.00799. The summed E-state index contributed by atoms with van der Waals surface area (Å²) in [5.74, 6) is 1.20. The summed E-state index contributed by atoms with van der Waals surface area (Å²) in [7, 11) is 5.25. The van der Waals surface area contributed by atoms with E-state index in [0.29, 0.717) is 36.6 Å². The van der Waals surface area contributed by atoms with Gasteiger partial charge in [0.25, 0.3) is 5.91 Å². The maximum absolute atomic E-state index is 13.3. The number of allylic oxidation sites excluding steroid dienone is 1. The van der Waals surface area contributed by atoms with Gasteiger partial charge in [-0.05, 0) is 30.2 Å². The van der Waals surface area contributed by atoms with E-state index in [4.69, 9.17) is 9.47 Å². The number of anilines is 1. The lowest BCUT2D eigenvalue weighted by molar-refractivity contribution is 0.0751. The Morgan fingerprint density at radius 2 is 1.96 bits per heavy atom. The number of hydrogen-bond donors (Lipinski definition) is 0. The number of nitrogens with zero attached hydrogens (tertiary/aromatic N) is 2. The third kappa shape index (κ3) is 3.77. The zero-order valence-corrected chi connectivity index (χ0v) is 16.2. The highest BCUT2D eigenvalue weighted by Crippen LogP contribution is 2.34. The van der Waals surface area contributed by atoms with E-state index in [-0.39, 0.29) is 5.91 Å². The van der Waals surface area contributed by atoms with Crippen LogP contribution in [0.25, 0.3) is 0 Å². The van der Waals surface area contributed by atoms with Gasteiger partial charge >= 0.3 is 0 Å². The predicted octanol–water partition coefficient (Wildman–Crippen LogP) is 3.52. The number of rotatable bonds is 5. The van der Waals surface area contributed by atoms with Crippen molar-refractivity contribution in [1.29, 1.82) is 0 Å². The number of para-hydroxylation sites is 1. The molecule has 0 N–H and O–H groups in total. The van der Waals surface area contributed by atoms with Gasteiger partial charge in [0.05, 0.1) is 14.2 Å². The molecule has 1 aliphatic rings. The third-order valence-corrected chi connectivity index (χ3v) is 4.92. The predicted molar refractivity (Wildman–Crippen MR) is 108 cm³/mol. The molecule has 1 amide bonds. The van der Waals surface area contributed by atoms with Crippen LogP contribution in [-0.2, 0) is 13.0 Å². The summed E-state index contributed by atoms with van der Waals surface area (Å²) in [6.07, 6.45) is 2.40. The molecule has 1 aliphatic heterocycles. The van der Waals surface area contributed by atoms with Crippen molar-refractivity contribution in [3.63, 3.8) is 0 Å². The fourth-order valence-electron chi connectivity index (χ4n) is 3.52. The minimum Gasteiger partial charge on any atom is -0.493 e. The monoisotopic (exact) mass is 366 g/mol. The van der Waals surface area contributed by atoms with E-state index in [1.165, 1.54) is 5.69 Å². The molecule has 0 aliphatic carbocycles. The summed E-state index contributed by atoms with van der Waals surface area (Å²) in [5, 5.41) is 0. The Kier molecular flexibility index (Phi) is 5.69. The number of carbonyl (C=O) groups excluding carboxylic acids is 1. The second-order valence-electron chi connectivity index (χ2n) is 6.64. The Hall–Kier alpha value is -2.95. The van der Waals surface area contributed by atoms with Crippen LogP contribution in [-0.4, -0.2) is 45.2 Å². The van der Waals surface area contributed by atoms with Gasteiger partial charge < -0.3 is 19.3 Å². The van der Waals surface area contributed by atoms with Crippen molar-refractivity contribution in [2.24, 2.45) is 0 Å². The first-order chi connectivity index (χ1) is 13.1. The van der Waals surface area contributed by atoms with Gasteiger partial charge in [0.1, 0.15) is 0 Å².